The van der Waals surface area contributed by atoms with Crippen molar-refractivity contribution in [3.8, 4) is 0 Å². The van der Waals surface area contributed by atoms with E-state index in [1.54, 1.807) is 16.0 Å². The average molecular weight is 412 g/mol. The van der Waals surface area contributed by atoms with Crippen LogP contribution in [-0.2, 0) is 11.8 Å². The standard InChI is InChI=1S/C23H30N4OS/c1-6-15(2)18-9-11-19(12-10-18)23(20-8-7-13-29-20)24-14-21(28)25-22-16(3)26-27(5)17(22)4/h7-13,15,23-24H,6,14H2,1-5H3,(H,25,28)/p+1/t15-,23+/m0/s1. The number of rotatable bonds is 8. The Kier molecular flexibility index (Phi) is 6.87. The van der Waals surface area contributed by atoms with Crippen LogP contribution < -0.4 is 10.6 Å². The molecule has 3 aromatic rings. The zero-order valence-corrected chi connectivity index (χ0v) is 18.7. The summed E-state index contributed by atoms with van der Waals surface area (Å²) in [7, 11) is 1.89. The molecule has 1 amide bonds. The Morgan fingerprint density at radius 3 is 2.45 bits per heavy atom. The molecular weight excluding hydrogens is 380 g/mol. The predicted molar refractivity (Wildman–Crippen MR) is 119 cm³/mol. The monoisotopic (exact) mass is 411 g/mol. The number of thiophene rings is 1. The van der Waals surface area contributed by atoms with Gasteiger partial charge in [0.1, 0.15) is 6.04 Å². The molecule has 2 aromatic heterocycles. The lowest BCUT2D eigenvalue weighted by Crippen LogP contribution is -2.87. The zero-order chi connectivity index (χ0) is 21.0. The summed E-state index contributed by atoms with van der Waals surface area (Å²) in [6.45, 7) is 8.70. The molecule has 0 saturated carbocycles. The first kappa shape index (κ1) is 21.3. The molecule has 2 heterocycles. The molecule has 154 valence electrons. The van der Waals surface area contributed by atoms with Crippen molar-refractivity contribution in [1.29, 1.82) is 0 Å². The van der Waals surface area contributed by atoms with Gasteiger partial charge >= 0.3 is 0 Å². The van der Waals surface area contributed by atoms with E-state index in [9.17, 15) is 4.79 Å². The number of aryl methyl sites for hydroxylation is 2. The minimum Gasteiger partial charge on any atom is -0.328 e. The molecule has 3 N–H and O–H groups in total. The maximum atomic E-state index is 12.6. The molecule has 2 atom stereocenters. The fourth-order valence-corrected chi connectivity index (χ4v) is 4.37. The number of hydrogen-bond donors (Lipinski definition) is 2. The molecule has 0 radical (unpaired) electrons. The number of aromatic nitrogens is 2. The van der Waals surface area contributed by atoms with Crippen molar-refractivity contribution in [2.24, 2.45) is 7.05 Å². The van der Waals surface area contributed by atoms with Crippen molar-refractivity contribution in [2.75, 3.05) is 11.9 Å². The smallest absolute Gasteiger partial charge is 0.279 e. The van der Waals surface area contributed by atoms with Crippen molar-refractivity contribution in [3.63, 3.8) is 0 Å². The molecule has 0 bridgehead atoms. The van der Waals surface area contributed by atoms with E-state index >= 15 is 0 Å². The lowest BCUT2D eigenvalue weighted by molar-refractivity contribution is -0.675. The van der Waals surface area contributed by atoms with Gasteiger partial charge in [0.25, 0.3) is 5.91 Å². The first-order chi connectivity index (χ1) is 13.9. The minimum absolute atomic E-state index is 0.0121. The fraction of sp³-hybridized carbons (Fsp3) is 0.391. The number of nitrogens with zero attached hydrogens (tertiary/aromatic N) is 2. The van der Waals surface area contributed by atoms with E-state index in [1.807, 2.05) is 20.9 Å². The average Bonchev–Trinajstić information content (AvgIpc) is 3.33. The van der Waals surface area contributed by atoms with Crippen LogP contribution in [0.25, 0.3) is 0 Å². The third kappa shape index (κ3) is 4.95. The lowest BCUT2D eigenvalue weighted by Gasteiger charge is -2.16. The van der Waals surface area contributed by atoms with Gasteiger partial charge in [-0.3, -0.25) is 9.48 Å². The van der Waals surface area contributed by atoms with E-state index in [4.69, 9.17) is 0 Å². The highest BCUT2D eigenvalue weighted by molar-refractivity contribution is 7.10. The Labute approximate surface area is 177 Å². The van der Waals surface area contributed by atoms with Gasteiger partial charge in [0.15, 0.2) is 6.54 Å². The second kappa shape index (κ2) is 9.37. The second-order valence-electron chi connectivity index (χ2n) is 7.63. The Balaban J connectivity index is 1.72. The summed E-state index contributed by atoms with van der Waals surface area (Å²) in [5.74, 6) is 0.548. The van der Waals surface area contributed by atoms with Gasteiger partial charge in [-0.15, -0.1) is 11.3 Å². The fourth-order valence-electron chi connectivity index (χ4n) is 3.52. The summed E-state index contributed by atoms with van der Waals surface area (Å²) in [6.07, 6.45) is 1.13. The van der Waals surface area contributed by atoms with Crippen LogP contribution in [0.3, 0.4) is 0 Å². The third-order valence-corrected chi connectivity index (χ3v) is 6.59. The van der Waals surface area contributed by atoms with Crippen molar-refractivity contribution < 1.29 is 10.1 Å². The summed E-state index contributed by atoms with van der Waals surface area (Å²) in [5.41, 5.74) is 5.21. The highest BCUT2D eigenvalue weighted by Gasteiger charge is 2.21. The van der Waals surface area contributed by atoms with Crippen molar-refractivity contribution in [2.45, 2.75) is 46.1 Å². The molecule has 0 aliphatic heterocycles. The van der Waals surface area contributed by atoms with Gasteiger partial charge in [0.05, 0.1) is 22.0 Å². The zero-order valence-electron chi connectivity index (χ0n) is 17.9. The van der Waals surface area contributed by atoms with Crippen LogP contribution in [0, 0.1) is 13.8 Å². The number of carbonyl (C=O) groups excluding carboxylic acids is 1. The molecule has 0 aliphatic carbocycles. The van der Waals surface area contributed by atoms with Crippen LogP contribution in [0.5, 0.6) is 0 Å². The summed E-state index contributed by atoms with van der Waals surface area (Å²) >= 11 is 1.73. The van der Waals surface area contributed by atoms with Crippen LogP contribution >= 0.6 is 11.3 Å². The third-order valence-electron chi connectivity index (χ3n) is 5.64. The molecule has 6 heteroatoms. The maximum Gasteiger partial charge on any atom is 0.279 e. The number of quaternary nitrogens is 1. The van der Waals surface area contributed by atoms with Crippen LogP contribution in [0.1, 0.15) is 59.6 Å². The predicted octanol–water partition coefficient (Wildman–Crippen LogP) is 3.90. The molecule has 1 aromatic carbocycles. The van der Waals surface area contributed by atoms with E-state index in [1.165, 1.54) is 16.0 Å². The topological polar surface area (TPSA) is 63.5 Å². The highest BCUT2D eigenvalue weighted by atomic mass is 32.1. The van der Waals surface area contributed by atoms with Gasteiger partial charge in [-0.1, -0.05) is 44.2 Å². The van der Waals surface area contributed by atoms with Crippen molar-refractivity contribution >= 4 is 22.9 Å². The Hall–Kier alpha value is -2.44. The van der Waals surface area contributed by atoms with E-state index in [-0.39, 0.29) is 11.9 Å². The van der Waals surface area contributed by atoms with Crippen LogP contribution in [0.2, 0.25) is 0 Å². The van der Waals surface area contributed by atoms with Gasteiger partial charge in [0.2, 0.25) is 0 Å². The number of hydrogen-bond acceptors (Lipinski definition) is 3. The number of nitrogens with two attached hydrogens (primary N) is 1. The SMILES string of the molecule is CC[C@H](C)c1ccc([C@@H]([NH2+]CC(=O)Nc2c(C)nn(C)c2C)c2cccs2)cc1. The van der Waals surface area contributed by atoms with E-state index in [2.05, 4.69) is 71.4 Å². The molecule has 0 unspecified atom stereocenters. The lowest BCUT2D eigenvalue weighted by atomic mass is 9.95. The number of amides is 1. The van der Waals surface area contributed by atoms with Crippen LogP contribution in [0.15, 0.2) is 41.8 Å². The van der Waals surface area contributed by atoms with Gasteiger partial charge in [0, 0.05) is 12.6 Å². The Bertz CT molecular complexity index is 944. The van der Waals surface area contributed by atoms with Crippen LogP contribution in [-0.4, -0.2) is 22.2 Å². The maximum absolute atomic E-state index is 12.6. The molecule has 3 rings (SSSR count). The molecule has 0 fully saturated rings. The first-order valence-electron chi connectivity index (χ1n) is 10.2. The van der Waals surface area contributed by atoms with E-state index < -0.39 is 0 Å². The summed E-state index contributed by atoms with van der Waals surface area (Å²) in [5, 5.41) is 11.6. The number of anilines is 1. The van der Waals surface area contributed by atoms with Gasteiger partial charge in [-0.25, -0.2) is 0 Å². The second-order valence-corrected chi connectivity index (χ2v) is 8.61. The quantitative estimate of drug-likeness (QED) is 0.590. The van der Waals surface area contributed by atoms with Gasteiger partial charge < -0.3 is 10.6 Å². The summed E-state index contributed by atoms with van der Waals surface area (Å²) < 4.78 is 1.79. The highest BCUT2D eigenvalue weighted by Crippen LogP contribution is 2.25. The van der Waals surface area contributed by atoms with Gasteiger partial charge in [-0.2, -0.15) is 5.10 Å². The minimum atomic E-state index is -0.0121. The first-order valence-corrected chi connectivity index (χ1v) is 11.0. The van der Waals surface area contributed by atoms with Gasteiger partial charge in [-0.05, 0) is 43.2 Å². The molecule has 0 spiro atoms. The number of nitrogens with one attached hydrogen (secondary N) is 1. The summed E-state index contributed by atoms with van der Waals surface area (Å²) in [4.78, 5) is 13.9. The van der Waals surface area contributed by atoms with E-state index in [0.29, 0.717) is 12.5 Å². The van der Waals surface area contributed by atoms with Crippen molar-refractivity contribution in [3.05, 3.63) is 69.2 Å². The Morgan fingerprint density at radius 2 is 1.90 bits per heavy atom. The number of carbonyl (C=O) groups is 1. The Morgan fingerprint density at radius 1 is 1.21 bits per heavy atom. The molecule has 0 saturated heterocycles. The van der Waals surface area contributed by atoms with Crippen molar-refractivity contribution in [1.82, 2.24) is 9.78 Å². The molecule has 29 heavy (non-hydrogen) atoms. The molecular formula is C23H31N4OS+. The normalized spacial score (nSPS) is 13.3. The largest absolute Gasteiger partial charge is 0.328 e. The van der Waals surface area contributed by atoms with Crippen LogP contribution in [0.4, 0.5) is 5.69 Å². The van der Waals surface area contributed by atoms with E-state index in [0.717, 1.165) is 23.5 Å². The summed E-state index contributed by atoms with van der Waals surface area (Å²) in [6, 6.07) is 13.2. The molecule has 0 aliphatic rings. The molecule has 5 nitrogen and oxygen atoms in total. The number of benzene rings is 1.